The quantitative estimate of drug-likeness (QED) is 0.719. The molecule has 2 rings (SSSR count). The summed E-state index contributed by atoms with van der Waals surface area (Å²) in [5, 5.41) is 2.82. The van der Waals surface area contributed by atoms with E-state index in [0.717, 1.165) is 23.3 Å². The van der Waals surface area contributed by atoms with Crippen molar-refractivity contribution in [2.75, 3.05) is 32.6 Å². The van der Waals surface area contributed by atoms with Gasteiger partial charge in [-0.25, -0.2) is 0 Å². The third-order valence-corrected chi connectivity index (χ3v) is 4.39. The first-order chi connectivity index (χ1) is 13.5. The molecule has 6 nitrogen and oxygen atoms in total. The molecule has 0 saturated heterocycles. The number of amides is 2. The van der Waals surface area contributed by atoms with E-state index in [0.29, 0.717) is 18.0 Å². The van der Waals surface area contributed by atoms with Crippen LogP contribution >= 0.6 is 0 Å². The molecule has 0 radical (unpaired) electrons. The monoisotopic (exact) mass is 384 g/mol. The van der Waals surface area contributed by atoms with E-state index in [1.165, 1.54) is 0 Å². The second kappa shape index (κ2) is 10.3. The Morgan fingerprint density at radius 2 is 1.75 bits per heavy atom. The zero-order chi connectivity index (χ0) is 20.5. The normalized spacial score (nSPS) is 10.3. The number of anilines is 1. The van der Waals surface area contributed by atoms with Crippen LogP contribution in [0.15, 0.2) is 42.5 Å². The lowest BCUT2D eigenvalue weighted by Crippen LogP contribution is -2.39. The number of methoxy groups -OCH3 is 2. The number of benzene rings is 2. The Bertz CT molecular complexity index is 820. The van der Waals surface area contributed by atoms with Gasteiger partial charge in [-0.1, -0.05) is 31.2 Å². The molecule has 2 amide bonds. The highest BCUT2D eigenvalue weighted by atomic mass is 16.5. The summed E-state index contributed by atoms with van der Waals surface area (Å²) in [6.07, 6.45) is 0.990. The van der Waals surface area contributed by atoms with Crippen LogP contribution in [0.2, 0.25) is 0 Å². The molecule has 1 N–H and O–H groups in total. The minimum Gasteiger partial charge on any atom is -0.496 e. The molecule has 0 heterocycles. The van der Waals surface area contributed by atoms with Crippen LogP contribution in [0.4, 0.5) is 5.69 Å². The van der Waals surface area contributed by atoms with E-state index < -0.39 is 0 Å². The van der Waals surface area contributed by atoms with Crippen LogP contribution in [0.5, 0.6) is 11.5 Å². The first-order valence-electron chi connectivity index (χ1n) is 9.32. The van der Waals surface area contributed by atoms with Gasteiger partial charge >= 0.3 is 0 Å². The molecule has 0 atom stereocenters. The molecule has 0 spiro atoms. The Labute approximate surface area is 166 Å². The highest BCUT2D eigenvalue weighted by Gasteiger charge is 2.18. The zero-order valence-electron chi connectivity index (χ0n) is 17.0. The summed E-state index contributed by atoms with van der Waals surface area (Å²) in [6, 6.07) is 12.9. The Balaban J connectivity index is 2.05. The first kappa shape index (κ1) is 21.3. The molecule has 6 heteroatoms. The number of hydrogen-bond donors (Lipinski definition) is 1. The SMILES string of the molecule is CCCN(CC(=O)Nc1ccccc1OC)C(=O)Cc1ccc(C)c(OC)c1. The average molecular weight is 384 g/mol. The molecular weight excluding hydrogens is 356 g/mol. The number of para-hydroxylation sites is 2. The minimum absolute atomic E-state index is 0.00623. The Kier molecular flexibility index (Phi) is 7.87. The second-order valence-corrected chi connectivity index (χ2v) is 6.54. The molecule has 0 aliphatic rings. The molecule has 0 fully saturated rings. The van der Waals surface area contributed by atoms with Gasteiger partial charge in [-0.05, 0) is 42.7 Å². The molecule has 0 unspecified atom stereocenters. The van der Waals surface area contributed by atoms with Crippen molar-refractivity contribution in [3.63, 3.8) is 0 Å². The van der Waals surface area contributed by atoms with E-state index in [2.05, 4.69) is 5.32 Å². The molecule has 0 aliphatic carbocycles. The van der Waals surface area contributed by atoms with Gasteiger partial charge < -0.3 is 19.7 Å². The largest absolute Gasteiger partial charge is 0.496 e. The van der Waals surface area contributed by atoms with Gasteiger partial charge in [0, 0.05) is 6.54 Å². The second-order valence-electron chi connectivity index (χ2n) is 6.54. The smallest absolute Gasteiger partial charge is 0.244 e. The third-order valence-electron chi connectivity index (χ3n) is 4.39. The maximum absolute atomic E-state index is 12.8. The van der Waals surface area contributed by atoms with Crippen LogP contribution in [-0.4, -0.2) is 44.0 Å². The van der Waals surface area contributed by atoms with E-state index in [1.807, 2.05) is 44.2 Å². The lowest BCUT2D eigenvalue weighted by molar-refractivity contribution is -0.134. The molecule has 150 valence electrons. The number of aryl methyl sites for hydroxylation is 1. The van der Waals surface area contributed by atoms with E-state index in [-0.39, 0.29) is 24.8 Å². The average Bonchev–Trinajstić information content (AvgIpc) is 2.69. The van der Waals surface area contributed by atoms with E-state index in [9.17, 15) is 9.59 Å². The lowest BCUT2D eigenvalue weighted by Gasteiger charge is -2.22. The molecule has 28 heavy (non-hydrogen) atoms. The van der Waals surface area contributed by atoms with Gasteiger partial charge in [0.25, 0.3) is 0 Å². The summed E-state index contributed by atoms with van der Waals surface area (Å²) in [7, 11) is 3.16. The fourth-order valence-electron chi connectivity index (χ4n) is 2.93. The van der Waals surface area contributed by atoms with E-state index >= 15 is 0 Å². The zero-order valence-corrected chi connectivity index (χ0v) is 17.0. The minimum atomic E-state index is -0.257. The number of carbonyl (C=O) groups excluding carboxylic acids is 2. The van der Waals surface area contributed by atoms with Crippen LogP contribution in [0.1, 0.15) is 24.5 Å². The Morgan fingerprint density at radius 1 is 1.04 bits per heavy atom. The van der Waals surface area contributed by atoms with Crippen LogP contribution < -0.4 is 14.8 Å². The van der Waals surface area contributed by atoms with Crippen LogP contribution in [0.25, 0.3) is 0 Å². The molecule has 0 saturated carbocycles. The van der Waals surface area contributed by atoms with Gasteiger partial charge in [-0.3, -0.25) is 9.59 Å². The predicted octanol–water partition coefficient (Wildman–Crippen LogP) is 3.43. The number of rotatable bonds is 9. The molecule has 0 aromatic heterocycles. The summed E-state index contributed by atoms with van der Waals surface area (Å²) in [5.74, 6) is 0.980. The standard InChI is InChI=1S/C22H28N2O4/c1-5-12-24(15-21(25)23-18-8-6-7-9-19(18)27-3)22(26)14-17-11-10-16(2)20(13-17)28-4/h6-11,13H,5,12,14-15H2,1-4H3,(H,23,25). The number of nitrogens with one attached hydrogen (secondary N) is 1. The van der Waals surface area contributed by atoms with Gasteiger partial charge in [0.05, 0.1) is 32.9 Å². The van der Waals surface area contributed by atoms with Crippen molar-refractivity contribution in [2.45, 2.75) is 26.7 Å². The van der Waals surface area contributed by atoms with Crippen molar-refractivity contribution in [1.29, 1.82) is 0 Å². The number of ether oxygens (including phenoxy) is 2. The maximum Gasteiger partial charge on any atom is 0.244 e. The van der Waals surface area contributed by atoms with Gasteiger partial charge in [-0.2, -0.15) is 0 Å². The third kappa shape index (κ3) is 5.74. The van der Waals surface area contributed by atoms with Gasteiger partial charge in [-0.15, -0.1) is 0 Å². The van der Waals surface area contributed by atoms with Crippen molar-refractivity contribution < 1.29 is 19.1 Å². The van der Waals surface area contributed by atoms with Crippen molar-refractivity contribution in [3.05, 3.63) is 53.6 Å². The first-order valence-corrected chi connectivity index (χ1v) is 9.32. The fourth-order valence-corrected chi connectivity index (χ4v) is 2.93. The van der Waals surface area contributed by atoms with Crippen molar-refractivity contribution in [3.8, 4) is 11.5 Å². The summed E-state index contributed by atoms with van der Waals surface area (Å²) in [5.41, 5.74) is 2.46. The van der Waals surface area contributed by atoms with Crippen LogP contribution in [0, 0.1) is 6.92 Å². The summed E-state index contributed by atoms with van der Waals surface area (Å²) in [6.45, 7) is 4.44. The molecule has 0 aliphatic heterocycles. The van der Waals surface area contributed by atoms with E-state index in [4.69, 9.17) is 9.47 Å². The van der Waals surface area contributed by atoms with Gasteiger partial charge in [0.15, 0.2) is 0 Å². The molecule has 2 aromatic carbocycles. The van der Waals surface area contributed by atoms with Gasteiger partial charge in [0.1, 0.15) is 11.5 Å². The van der Waals surface area contributed by atoms with Crippen molar-refractivity contribution in [1.82, 2.24) is 4.90 Å². The molecule has 2 aromatic rings. The highest BCUT2D eigenvalue weighted by Crippen LogP contribution is 2.23. The fraction of sp³-hybridized carbons (Fsp3) is 0.364. The van der Waals surface area contributed by atoms with Crippen molar-refractivity contribution >= 4 is 17.5 Å². The van der Waals surface area contributed by atoms with Crippen LogP contribution in [0.3, 0.4) is 0 Å². The highest BCUT2D eigenvalue weighted by molar-refractivity contribution is 5.95. The number of nitrogens with zero attached hydrogens (tertiary/aromatic N) is 1. The molecular formula is C22H28N2O4. The summed E-state index contributed by atoms with van der Waals surface area (Å²) in [4.78, 5) is 26.8. The Hall–Kier alpha value is -3.02. The topological polar surface area (TPSA) is 67.9 Å². The number of carbonyl (C=O) groups is 2. The maximum atomic E-state index is 12.8. The predicted molar refractivity (Wildman–Crippen MR) is 110 cm³/mol. The summed E-state index contributed by atoms with van der Waals surface area (Å²) < 4.78 is 10.6. The number of hydrogen-bond acceptors (Lipinski definition) is 4. The van der Waals surface area contributed by atoms with E-state index in [1.54, 1.807) is 31.3 Å². The molecule has 0 bridgehead atoms. The Morgan fingerprint density at radius 3 is 2.43 bits per heavy atom. The summed E-state index contributed by atoms with van der Waals surface area (Å²) >= 11 is 0. The van der Waals surface area contributed by atoms with Crippen molar-refractivity contribution in [2.24, 2.45) is 0 Å². The lowest BCUT2D eigenvalue weighted by atomic mass is 10.1. The van der Waals surface area contributed by atoms with Gasteiger partial charge in [0.2, 0.25) is 11.8 Å². The van der Waals surface area contributed by atoms with Crippen LogP contribution in [-0.2, 0) is 16.0 Å².